The fourth-order valence-electron chi connectivity index (χ4n) is 4.00. The van der Waals surface area contributed by atoms with Crippen molar-refractivity contribution in [3.8, 4) is 11.3 Å². The zero-order chi connectivity index (χ0) is 25.2. The standard InChI is InChI=1S/C27H20ClF3N4O/c28-21-11-10-20(15-23(21)31)32-27-26(18-5-8-19(29)9-6-18)33-24-16-34(13-14-35(24)27)25(36)12-7-17-3-1-2-4-22(17)30/h1-6,8-11,13-15,32H,7,12,16H2. The van der Waals surface area contributed by atoms with Gasteiger partial charge in [-0.3, -0.25) is 9.36 Å². The van der Waals surface area contributed by atoms with Crippen LogP contribution in [0.4, 0.5) is 24.7 Å². The second-order valence-electron chi connectivity index (χ2n) is 8.27. The molecule has 0 spiro atoms. The molecule has 36 heavy (non-hydrogen) atoms. The summed E-state index contributed by atoms with van der Waals surface area (Å²) in [4.78, 5) is 19.1. The Labute approximate surface area is 210 Å². The number of benzene rings is 3. The average molecular weight is 509 g/mol. The molecule has 1 aromatic heterocycles. The van der Waals surface area contributed by atoms with Crippen LogP contribution < -0.4 is 5.32 Å². The van der Waals surface area contributed by atoms with E-state index in [9.17, 15) is 18.0 Å². The van der Waals surface area contributed by atoms with E-state index in [0.29, 0.717) is 34.2 Å². The third kappa shape index (κ3) is 4.85. The van der Waals surface area contributed by atoms with Gasteiger partial charge in [0.25, 0.3) is 0 Å². The summed E-state index contributed by atoms with van der Waals surface area (Å²) < 4.78 is 43.3. The largest absolute Gasteiger partial charge is 0.339 e. The Morgan fingerprint density at radius 2 is 1.75 bits per heavy atom. The highest BCUT2D eigenvalue weighted by atomic mass is 35.5. The maximum Gasteiger partial charge on any atom is 0.227 e. The second kappa shape index (κ2) is 9.91. The second-order valence-corrected chi connectivity index (χ2v) is 8.67. The molecule has 3 aromatic carbocycles. The van der Waals surface area contributed by atoms with Gasteiger partial charge in [-0.05, 0) is 60.5 Å². The normalized spacial score (nSPS) is 12.5. The summed E-state index contributed by atoms with van der Waals surface area (Å²) in [6.07, 6.45) is 3.71. The summed E-state index contributed by atoms with van der Waals surface area (Å²) in [5, 5.41) is 3.17. The molecule has 182 valence electrons. The molecule has 1 amide bonds. The van der Waals surface area contributed by atoms with Gasteiger partial charge in [0.2, 0.25) is 5.91 Å². The molecule has 0 atom stereocenters. The van der Waals surface area contributed by atoms with Crippen LogP contribution >= 0.6 is 11.6 Å². The Morgan fingerprint density at radius 1 is 0.972 bits per heavy atom. The van der Waals surface area contributed by atoms with E-state index in [0.717, 1.165) is 0 Å². The van der Waals surface area contributed by atoms with Crippen molar-refractivity contribution < 1.29 is 18.0 Å². The third-order valence-electron chi connectivity index (χ3n) is 5.88. The molecular formula is C27H20ClF3N4O. The molecule has 0 fully saturated rings. The number of nitrogens with zero attached hydrogens (tertiary/aromatic N) is 3. The molecule has 0 aliphatic carbocycles. The summed E-state index contributed by atoms with van der Waals surface area (Å²) in [6, 6.07) is 16.6. The number of hydrogen-bond donors (Lipinski definition) is 1. The first kappa shape index (κ1) is 23.7. The lowest BCUT2D eigenvalue weighted by molar-refractivity contribution is -0.129. The molecule has 4 aromatic rings. The third-order valence-corrected chi connectivity index (χ3v) is 6.18. The summed E-state index contributed by atoms with van der Waals surface area (Å²) in [6.45, 7) is 0.178. The van der Waals surface area contributed by atoms with Crippen LogP contribution in [0.15, 0.2) is 72.9 Å². The van der Waals surface area contributed by atoms with E-state index in [1.807, 2.05) is 0 Å². The van der Waals surface area contributed by atoms with Crippen molar-refractivity contribution in [2.75, 3.05) is 5.32 Å². The smallest absolute Gasteiger partial charge is 0.227 e. The van der Waals surface area contributed by atoms with Gasteiger partial charge in [-0.1, -0.05) is 29.8 Å². The number of aromatic nitrogens is 2. The highest BCUT2D eigenvalue weighted by molar-refractivity contribution is 6.30. The number of carbonyl (C=O) groups excluding carboxylic acids is 1. The van der Waals surface area contributed by atoms with Gasteiger partial charge in [0, 0.05) is 30.1 Å². The molecule has 0 unspecified atom stereocenters. The number of hydrogen-bond acceptors (Lipinski definition) is 3. The molecule has 9 heteroatoms. The highest BCUT2D eigenvalue weighted by Crippen LogP contribution is 2.34. The first-order chi connectivity index (χ1) is 17.4. The van der Waals surface area contributed by atoms with E-state index >= 15 is 0 Å². The molecule has 2 heterocycles. The van der Waals surface area contributed by atoms with Gasteiger partial charge in [0.15, 0.2) is 0 Å². The van der Waals surface area contributed by atoms with Crippen molar-refractivity contribution in [3.63, 3.8) is 0 Å². The van der Waals surface area contributed by atoms with E-state index in [1.54, 1.807) is 53.4 Å². The number of imidazole rings is 1. The summed E-state index contributed by atoms with van der Waals surface area (Å²) in [5.74, 6) is -0.412. The number of halogens is 4. The van der Waals surface area contributed by atoms with E-state index in [1.165, 1.54) is 35.2 Å². The van der Waals surface area contributed by atoms with Gasteiger partial charge in [0.1, 0.15) is 34.8 Å². The quantitative estimate of drug-likeness (QED) is 0.313. The molecule has 0 saturated carbocycles. The number of amides is 1. The molecule has 5 nitrogen and oxygen atoms in total. The topological polar surface area (TPSA) is 50.2 Å². The minimum Gasteiger partial charge on any atom is -0.339 e. The fraction of sp³-hybridized carbons (Fsp3) is 0.111. The lowest BCUT2D eigenvalue weighted by Gasteiger charge is -2.23. The fourth-order valence-corrected chi connectivity index (χ4v) is 4.12. The SMILES string of the molecule is O=C(CCc1ccccc1F)N1C=Cn2c(nc(-c3ccc(F)cc3)c2Nc2ccc(Cl)c(F)c2)C1. The zero-order valence-electron chi connectivity index (χ0n) is 18.9. The predicted molar refractivity (Wildman–Crippen MR) is 133 cm³/mol. The van der Waals surface area contributed by atoms with Crippen LogP contribution in [0.25, 0.3) is 17.5 Å². The van der Waals surface area contributed by atoms with Crippen LogP contribution in [0.3, 0.4) is 0 Å². The molecule has 1 aliphatic rings. The van der Waals surface area contributed by atoms with Crippen molar-refractivity contribution in [3.05, 3.63) is 107 Å². The van der Waals surface area contributed by atoms with Gasteiger partial charge in [-0.15, -0.1) is 0 Å². The number of fused-ring (bicyclic) bond motifs is 1. The Bertz CT molecular complexity index is 1470. The molecule has 0 radical (unpaired) electrons. The van der Waals surface area contributed by atoms with Crippen LogP contribution in [0.2, 0.25) is 5.02 Å². The maximum absolute atomic E-state index is 14.1. The van der Waals surface area contributed by atoms with Crippen molar-refractivity contribution in [2.24, 2.45) is 0 Å². The van der Waals surface area contributed by atoms with Gasteiger partial charge >= 0.3 is 0 Å². The molecular weight excluding hydrogens is 489 g/mol. The van der Waals surface area contributed by atoms with Crippen LogP contribution in [0, 0.1) is 17.5 Å². The Kier molecular flexibility index (Phi) is 6.52. The molecule has 0 bridgehead atoms. The number of nitrogens with one attached hydrogen (secondary N) is 1. The van der Waals surface area contributed by atoms with Gasteiger partial charge < -0.3 is 10.2 Å². The maximum atomic E-state index is 14.1. The minimum absolute atomic E-state index is 0.000875. The van der Waals surface area contributed by atoms with Crippen molar-refractivity contribution in [2.45, 2.75) is 19.4 Å². The summed E-state index contributed by atoms with van der Waals surface area (Å²) in [5.41, 5.74) is 2.07. The number of anilines is 2. The lowest BCUT2D eigenvalue weighted by Crippen LogP contribution is -2.29. The molecule has 1 N–H and O–H groups in total. The van der Waals surface area contributed by atoms with Crippen LogP contribution in [0.5, 0.6) is 0 Å². The monoisotopic (exact) mass is 508 g/mol. The average Bonchev–Trinajstić information content (AvgIpc) is 3.23. The predicted octanol–water partition coefficient (Wildman–Crippen LogP) is 6.77. The zero-order valence-corrected chi connectivity index (χ0v) is 19.6. The van der Waals surface area contributed by atoms with E-state index in [2.05, 4.69) is 5.32 Å². The number of carbonyl (C=O) groups is 1. The minimum atomic E-state index is -0.578. The van der Waals surface area contributed by atoms with E-state index in [-0.39, 0.29) is 42.0 Å². The van der Waals surface area contributed by atoms with E-state index in [4.69, 9.17) is 16.6 Å². The number of rotatable bonds is 6. The Hall–Kier alpha value is -4.04. The van der Waals surface area contributed by atoms with E-state index < -0.39 is 5.82 Å². The van der Waals surface area contributed by atoms with Crippen molar-refractivity contribution >= 4 is 35.2 Å². The molecule has 5 rings (SSSR count). The van der Waals surface area contributed by atoms with Crippen LogP contribution in [0.1, 0.15) is 17.8 Å². The van der Waals surface area contributed by atoms with Crippen LogP contribution in [-0.2, 0) is 17.8 Å². The molecule has 1 aliphatic heterocycles. The summed E-state index contributed by atoms with van der Waals surface area (Å²) >= 11 is 5.81. The Morgan fingerprint density at radius 3 is 2.50 bits per heavy atom. The number of aryl methyl sites for hydroxylation is 1. The highest BCUT2D eigenvalue weighted by Gasteiger charge is 2.24. The van der Waals surface area contributed by atoms with Gasteiger partial charge in [0.05, 0.1) is 11.6 Å². The lowest BCUT2D eigenvalue weighted by atomic mass is 10.1. The Balaban J connectivity index is 1.43. The van der Waals surface area contributed by atoms with Crippen molar-refractivity contribution in [1.29, 1.82) is 0 Å². The van der Waals surface area contributed by atoms with Gasteiger partial charge in [-0.2, -0.15) is 0 Å². The molecule has 0 saturated heterocycles. The summed E-state index contributed by atoms with van der Waals surface area (Å²) in [7, 11) is 0. The van der Waals surface area contributed by atoms with Crippen molar-refractivity contribution in [1.82, 2.24) is 14.5 Å². The van der Waals surface area contributed by atoms with Crippen LogP contribution in [-0.4, -0.2) is 20.4 Å². The first-order valence-electron chi connectivity index (χ1n) is 11.2. The van der Waals surface area contributed by atoms with Gasteiger partial charge in [-0.25, -0.2) is 18.2 Å². The first-order valence-corrected chi connectivity index (χ1v) is 11.6.